The number of Topliss-reactive ketones (excluding diaryl/α,β-unsaturated/α-hetero) is 1. The predicted octanol–water partition coefficient (Wildman–Crippen LogP) is 3.50. The zero-order valence-corrected chi connectivity index (χ0v) is 12.4. The predicted molar refractivity (Wildman–Crippen MR) is 77.2 cm³/mol. The van der Waals surface area contributed by atoms with Crippen LogP contribution in [-0.4, -0.2) is 39.2 Å². The summed E-state index contributed by atoms with van der Waals surface area (Å²) in [4.78, 5) is 16.2. The Bertz CT molecular complexity index is 831. The summed E-state index contributed by atoms with van der Waals surface area (Å²) >= 11 is 0. The van der Waals surface area contributed by atoms with Gasteiger partial charge in [-0.1, -0.05) is 0 Å². The van der Waals surface area contributed by atoms with Crippen LogP contribution in [0.3, 0.4) is 0 Å². The van der Waals surface area contributed by atoms with Gasteiger partial charge in [0.25, 0.3) is 5.78 Å². The van der Waals surface area contributed by atoms with E-state index in [1.54, 1.807) is 12.1 Å². The molecule has 0 saturated carbocycles. The van der Waals surface area contributed by atoms with E-state index in [9.17, 15) is 27.5 Å². The van der Waals surface area contributed by atoms with E-state index in [0.29, 0.717) is 11.4 Å². The van der Waals surface area contributed by atoms with Gasteiger partial charge in [-0.25, -0.2) is 0 Å². The first-order valence-electron chi connectivity index (χ1n) is 6.96. The molecule has 10 heteroatoms. The molecule has 0 unspecified atom stereocenters. The lowest BCUT2D eigenvalue weighted by molar-refractivity contribution is -0.190. The molecule has 3 rings (SSSR count). The van der Waals surface area contributed by atoms with Crippen molar-refractivity contribution in [2.75, 3.05) is 6.54 Å². The van der Waals surface area contributed by atoms with Crippen molar-refractivity contribution in [2.45, 2.75) is 11.8 Å². The number of nitrogens with zero attached hydrogens (tertiary/aromatic N) is 4. The molecule has 2 heterocycles. The van der Waals surface area contributed by atoms with Gasteiger partial charge in [0, 0.05) is 25.1 Å². The minimum atomic E-state index is -4.98. The van der Waals surface area contributed by atoms with Crippen LogP contribution < -0.4 is 0 Å². The second-order valence-corrected chi connectivity index (χ2v) is 5.18. The van der Waals surface area contributed by atoms with Crippen molar-refractivity contribution in [3.63, 3.8) is 0 Å². The van der Waals surface area contributed by atoms with E-state index in [2.05, 4.69) is 15.2 Å². The standard InChI is InChI=1S/C15H10F4N4O2/c16-14(17)12(24)11(13(25)15(14,18)19)23-7-3-10(4-8-23)22-21-9-1-5-20-6-2-9/h1-7,24H,8H2. The molecule has 2 aliphatic rings. The van der Waals surface area contributed by atoms with E-state index in [1.807, 2.05) is 0 Å². The van der Waals surface area contributed by atoms with Crippen molar-refractivity contribution in [3.8, 4) is 0 Å². The Morgan fingerprint density at radius 1 is 1.12 bits per heavy atom. The monoisotopic (exact) mass is 354 g/mol. The van der Waals surface area contributed by atoms with Crippen LogP contribution >= 0.6 is 0 Å². The Morgan fingerprint density at radius 3 is 2.32 bits per heavy atom. The topological polar surface area (TPSA) is 78.2 Å². The van der Waals surface area contributed by atoms with Gasteiger partial charge >= 0.3 is 11.8 Å². The maximum absolute atomic E-state index is 13.4. The highest BCUT2D eigenvalue weighted by atomic mass is 19.3. The number of carbonyl (C=O) groups is 1. The fourth-order valence-corrected chi connectivity index (χ4v) is 2.22. The van der Waals surface area contributed by atoms with Crippen LogP contribution in [0, 0.1) is 0 Å². The zero-order valence-electron chi connectivity index (χ0n) is 12.4. The Kier molecular flexibility index (Phi) is 3.90. The first kappa shape index (κ1) is 16.8. The molecule has 1 aromatic rings. The first-order valence-corrected chi connectivity index (χ1v) is 6.96. The summed E-state index contributed by atoms with van der Waals surface area (Å²) < 4.78 is 53.4. The molecule has 6 nitrogen and oxygen atoms in total. The Hall–Kier alpha value is -3.04. The minimum absolute atomic E-state index is 0.210. The Morgan fingerprint density at radius 2 is 1.80 bits per heavy atom. The SMILES string of the molecule is O=C1C(N2C=CC(N=Nc3ccncc3)=CC2)=C(O)C(F)(F)C1(F)F. The molecule has 0 spiro atoms. The van der Waals surface area contributed by atoms with Gasteiger partial charge in [-0.2, -0.15) is 27.8 Å². The lowest BCUT2D eigenvalue weighted by atomic mass is 10.2. The van der Waals surface area contributed by atoms with Crippen LogP contribution in [0.5, 0.6) is 0 Å². The molecule has 0 fully saturated rings. The molecule has 0 aromatic carbocycles. The lowest BCUT2D eigenvalue weighted by Gasteiger charge is -2.21. The molecule has 1 aromatic heterocycles. The van der Waals surface area contributed by atoms with Crippen molar-refractivity contribution in [1.29, 1.82) is 0 Å². The summed E-state index contributed by atoms with van der Waals surface area (Å²) in [5, 5.41) is 17.2. The summed E-state index contributed by atoms with van der Waals surface area (Å²) in [6.07, 6.45) is 6.80. The molecule has 0 saturated heterocycles. The van der Waals surface area contributed by atoms with E-state index in [4.69, 9.17) is 0 Å². The number of aliphatic hydroxyl groups excluding tert-OH is 1. The third-order valence-corrected chi connectivity index (χ3v) is 3.57. The van der Waals surface area contributed by atoms with Crippen molar-refractivity contribution < 1.29 is 27.5 Å². The normalized spacial score (nSPS) is 22.0. The van der Waals surface area contributed by atoms with Crippen LogP contribution in [-0.2, 0) is 4.79 Å². The molecule has 0 atom stereocenters. The Balaban J connectivity index is 1.78. The summed E-state index contributed by atoms with van der Waals surface area (Å²) in [7, 11) is 0. The van der Waals surface area contributed by atoms with E-state index in [1.165, 1.54) is 24.5 Å². The van der Waals surface area contributed by atoms with E-state index >= 15 is 0 Å². The van der Waals surface area contributed by atoms with Gasteiger partial charge in [0.2, 0.25) is 0 Å². The molecule has 25 heavy (non-hydrogen) atoms. The van der Waals surface area contributed by atoms with Crippen LogP contribution in [0.1, 0.15) is 0 Å². The largest absolute Gasteiger partial charge is 0.505 e. The number of hydrogen-bond acceptors (Lipinski definition) is 6. The minimum Gasteiger partial charge on any atom is -0.505 e. The molecule has 130 valence electrons. The maximum atomic E-state index is 13.4. The fraction of sp³-hybridized carbons (Fsp3) is 0.200. The average Bonchev–Trinajstić information content (AvgIpc) is 2.72. The van der Waals surface area contributed by atoms with Crippen LogP contribution in [0.2, 0.25) is 0 Å². The quantitative estimate of drug-likeness (QED) is 0.666. The lowest BCUT2D eigenvalue weighted by Crippen LogP contribution is -2.43. The molecule has 0 amide bonds. The first-order chi connectivity index (χ1) is 11.7. The van der Waals surface area contributed by atoms with Crippen molar-refractivity contribution in [1.82, 2.24) is 9.88 Å². The fourth-order valence-electron chi connectivity index (χ4n) is 2.22. The van der Waals surface area contributed by atoms with E-state index in [-0.39, 0.29) is 6.54 Å². The van der Waals surface area contributed by atoms with Crippen molar-refractivity contribution in [3.05, 3.63) is 60.0 Å². The van der Waals surface area contributed by atoms with Gasteiger partial charge in [0.15, 0.2) is 5.76 Å². The van der Waals surface area contributed by atoms with Gasteiger partial charge in [-0.05, 0) is 24.3 Å². The van der Waals surface area contributed by atoms with Gasteiger partial charge in [-0.3, -0.25) is 9.78 Å². The molecular formula is C15H10F4N4O2. The van der Waals surface area contributed by atoms with E-state index < -0.39 is 29.1 Å². The van der Waals surface area contributed by atoms with Crippen LogP contribution in [0.4, 0.5) is 23.2 Å². The molecule has 0 radical (unpaired) electrons. The number of allylic oxidation sites excluding steroid dienone is 3. The maximum Gasteiger partial charge on any atom is 0.380 e. The molecule has 1 N–H and O–H groups in total. The number of carbonyl (C=O) groups excluding carboxylic acids is 1. The van der Waals surface area contributed by atoms with Gasteiger partial charge in [0.05, 0.1) is 11.4 Å². The number of ketones is 1. The number of halogens is 4. The second kappa shape index (κ2) is 5.80. The second-order valence-electron chi connectivity index (χ2n) is 5.18. The molecule has 1 aliphatic carbocycles. The third kappa shape index (κ3) is 2.69. The molecule has 1 aliphatic heterocycles. The van der Waals surface area contributed by atoms with Crippen LogP contribution in [0.25, 0.3) is 0 Å². The Labute approximate surface area is 138 Å². The number of alkyl halides is 4. The van der Waals surface area contributed by atoms with Gasteiger partial charge < -0.3 is 10.0 Å². The van der Waals surface area contributed by atoms with E-state index in [0.717, 1.165) is 11.1 Å². The van der Waals surface area contributed by atoms with Gasteiger partial charge in [0.1, 0.15) is 5.70 Å². The zero-order chi connectivity index (χ0) is 18.2. The highest BCUT2D eigenvalue weighted by molar-refractivity contribution is 6.05. The summed E-state index contributed by atoms with van der Waals surface area (Å²) in [5.74, 6) is -14.0. The summed E-state index contributed by atoms with van der Waals surface area (Å²) in [5.41, 5.74) is -0.276. The molecular weight excluding hydrogens is 344 g/mol. The third-order valence-electron chi connectivity index (χ3n) is 3.57. The van der Waals surface area contributed by atoms with Crippen molar-refractivity contribution >= 4 is 11.5 Å². The van der Waals surface area contributed by atoms with Gasteiger partial charge in [-0.15, -0.1) is 0 Å². The van der Waals surface area contributed by atoms with Crippen LogP contribution in [0.15, 0.2) is 70.3 Å². The summed E-state index contributed by atoms with van der Waals surface area (Å²) in [6, 6.07) is 3.21. The summed E-state index contributed by atoms with van der Waals surface area (Å²) in [6.45, 7) is -0.210. The van der Waals surface area contributed by atoms with Crippen molar-refractivity contribution in [2.24, 2.45) is 10.2 Å². The number of rotatable bonds is 3. The number of aliphatic hydroxyl groups is 1. The number of hydrogen-bond donors (Lipinski definition) is 1. The highest BCUT2D eigenvalue weighted by Gasteiger charge is 2.72. The molecule has 0 bridgehead atoms. The average molecular weight is 354 g/mol. The smallest absolute Gasteiger partial charge is 0.380 e. The number of azo groups is 1. The highest BCUT2D eigenvalue weighted by Crippen LogP contribution is 2.48. The number of aromatic nitrogens is 1. The number of pyridine rings is 1.